The van der Waals surface area contributed by atoms with Crippen molar-refractivity contribution < 1.29 is 5.11 Å². The highest BCUT2D eigenvalue weighted by molar-refractivity contribution is 5.90. The second kappa shape index (κ2) is 4.90. The second-order valence-electron chi connectivity index (χ2n) is 4.93. The summed E-state index contributed by atoms with van der Waals surface area (Å²) in [6.07, 6.45) is 5.46. The van der Waals surface area contributed by atoms with Gasteiger partial charge in [-0.3, -0.25) is 0 Å². The normalized spacial score (nSPS) is 24.1. The molecule has 3 rings (SSSR count). The van der Waals surface area contributed by atoms with Crippen LogP contribution >= 0.6 is 0 Å². The lowest BCUT2D eigenvalue weighted by Gasteiger charge is -2.27. The predicted octanol–water partition coefficient (Wildman–Crippen LogP) is 2.35. The number of fused-ring (bicyclic) bond motifs is 1. The van der Waals surface area contributed by atoms with Gasteiger partial charge in [0.1, 0.15) is 0 Å². The average Bonchev–Trinajstić information content (AvgIpc) is 2.42. The van der Waals surface area contributed by atoms with Crippen LogP contribution in [0.5, 0.6) is 0 Å². The maximum Gasteiger partial charge on any atom is 0.0950 e. The van der Waals surface area contributed by atoms with E-state index in [0.717, 1.165) is 42.3 Å². The van der Waals surface area contributed by atoms with Crippen LogP contribution in [0.4, 0.5) is 5.69 Å². The molecule has 1 aromatic carbocycles. The Morgan fingerprint density at radius 1 is 1.11 bits per heavy atom. The third-order valence-electron chi connectivity index (χ3n) is 3.60. The molecule has 0 spiro atoms. The van der Waals surface area contributed by atoms with Crippen LogP contribution < -0.4 is 5.32 Å². The molecule has 4 heteroatoms. The van der Waals surface area contributed by atoms with Crippen molar-refractivity contribution in [2.45, 2.75) is 37.8 Å². The van der Waals surface area contributed by atoms with Gasteiger partial charge in [0.2, 0.25) is 0 Å². The van der Waals surface area contributed by atoms with E-state index < -0.39 is 0 Å². The van der Waals surface area contributed by atoms with E-state index >= 15 is 0 Å². The number of hydrogen-bond acceptors (Lipinski definition) is 4. The zero-order valence-electron chi connectivity index (χ0n) is 10.2. The molecule has 0 radical (unpaired) electrons. The zero-order valence-corrected chi connectivity index (χ0v) is 10.2. The van der Waals surface area contributed by atoms with E-state index in [1.165, 1.54) is 0 Å². The molecule has 1 aromatic heterocycles. The molecule has 0 bridgehead atoms. The topological polar surface area (TPSA) is 58.0 Å². The molecule has 1 aliphatic carbocycles. The van der Waals surface area contributed by atoms with Crippen molar-refractivity contribution in [2.75, 3.05) is 5.32 Å². The lowest BCUT2D eigenvalue weighted by molar-refractivity contribution is 0.126. The van der Waals surface area contributed by atoms with Gasteiger partial charge in [0, 0.05) is 11.4 Å². The minimum absolute atomic E-state index is 0.115. The molecule has 18 heavy (non-hydrogen) atoms. The van der Waals surface area contributed by atoms with Crippen LogP contribution in [0.25, 0.3) is 10.9 Å². The van der Waals surface area contributed by atoms with Gasteiger partial charge in [-0.1, -0.05) is 18.2 Å². The van der Waals surface area contributed by atoms with Crippen LogP contribution in [0.2, 0.25) is 0 Å². The molecule has 1 fully saturated rings. The predicted molar refractivity (Wildman–Crippen MR) is 71.4 cm³/mol. The van der Waals surface area contributed by atoms with Crippen molar-refractivity contribution in [1.29, 1.82) is 0 Å². The van der Waals surface area contributed by atoms with Gasteiger partial charge in [-0.05, 0) is 31.7 Å². The summed E-state index contributed by atoms with van der Waals surface area (Å²) in [7, 11) is 0. The molecule has 0 aliphatic heterocycles. The fourth-order valence-corrected chi connectivity index (χ4v) is 2.56. The third-order valence-corrected chi connectivity index (χ3v) is 3.60. The smallest absolute Gasteiger partial charge is 0.0950 e. The summed E-state index contributed by atoms with van der Waals surface area (Å²) < 4.78 is 0. The molecule has 0 amide bonds. The van der Waals surface area contributed by atoms with Crippen molar-refractivity contribution in [3.63, 3.8) is 0 Å². The second-order valence-corrected chi connectivity index (χ2v) is 4.93. The molecule has 1 heterocycles. The van der Waals surface area contributed by atoms with Gasteiger partial charge in [-0.15, -0.1) is 0 Å². The number of rotatable bonds is 2. The summed E-state index contributed by atoms with van der Waals surface area (Å²) >= 11 is 0. The first kappa shape index (κ1) is 11.4. The zero-order chi connectivity index (χ0) is 12.4. The molecule has 2 aromatic rings. The highest BCUT2D eigenvalue weighted by Crippen LogP contribution is 2.25. The van der Waals surface area contributed by atoms with Gasteiger partial charge in [-0.2, -0.15) is 10.2 Å². The SMILES string of the molecule is OC1CCC(Nc2cnnc3ccccc23)CC1. The molecule has 1 saturated carbocycles. The lowest BCUT2D eigenvalue weighted by Crippen LogP contribution is -2.28. The Hall–Kier alpha value is -1.68. The number of benzene rings is 1. The van der Waals surface area contributed by atoms with Crippen LogP contribution in [-0.4, -0.2) is 27.4 Å². The highest BCUT2D eigenvalue weighted by Gasteiger charge is 2.19. The van der Waals surface area contributed by atoms with Crippen molar-refractivity contribution in [3.05, 3.63) is 30.5 Å². The minimum atomic E-state index is -0.115. The Morgan fingerprint density at radius 2 is 1.89 bits per heavy atom. The number of anilines is 1. The number of aromatic nitrogens is 2. The molecular formula is C14H17N3O. The van der Waals surface area contributed by atoms with Gasteiger partial charge in [0.15, 0.2) is 0 Å². The van der Waals surface area contributed by atoms with Crippen LogP contribution in [0, 0.1) is 0 Å². The standard InChI is InChI=1S/C14H17N3O/c18-11-7-5-10(6-8-11)16-14-9-15-17-13-4-2-1-3-12(13)14/h1-4,9-11,18H,5-8H2,(H,16,17). The Balaban J connectivity index is 1.82. The summed E-state index contributed by atoms with van der Waals surface area (Å²) in [5, 5.41) is 22.3. The largest absolute Gasteiger partial charge is 0.393 e. The maximum atomic E-state index is 9.51. The van der Waals surface area contributed by atoms with Crippen LogP contribution in [0.1, 0.15) is 25.7 Å². The molecule has 0 saturated heterocycles. The maximum absolute atomic E-state index is 9.51. The number of hydrogen-bond donors (Lipinski definition) is 2. The van der Waals surface area contributed by atoms with E-state index in [9.17, 15) is 5.11 Å². The van der Waals surface area contributed by atoms with Gasteiger partial charge >= 0.3 is 0 Å². The summed E-state index contributed by atoms with van der Waals surface area (Å²) in [5.41, 5.74) is 1.96. The number of aliphatic hydroxyl groups is 1. The van der Waals surface area contributed by atoms with Gasteiger partial charge < -0.3 is 10.4 Å². The van der Waals surface area contributed by atoms with Gasteiger partial charge in [0.25, 0.3) is 0 Å². The van der Waals surface area contributed by atoms with Crippen LogP contribution in [0.3, 0.4) is 0 Å². The molecular weight excluding hydrogens is 226 g/mol. The van der Waals surface area contributed by atoms with Crippen molar-refractivity contribution in [3.8, 4) is 0 Å². The van der Waals surface area contributed by atoms with E-state index in [0.29, 0.717) is 6.04 Å². The van der Waals surface area contributed by atoms with Crippen molar-refractivity contribution in [1.82, 2.24) is 10.2 Å². The number of aliphatic hydroxyl groups excluding tert-OH is 1. The molecule has 94 valence electrons. The fourth-order valence-electron chi connectivity index (χ4n) is 2.56. The molecule has 4 nitrogen and oxygen atoms in total. The number of nitrogens with one attached hydrogen (secondary N) is 1. The van der Waals surface area contributed by atoms with Crippen molar-refractivity contribution >= 4 is 16.6 Å². The molecule has 0 atom stereocenters. The Bertz CT molecular complexity index is 530. The molecule has 0 unspecified atom stereocenters. The minimum Gasteiger partial charge on any atom is -0.393 e. The first-order chi connectivity index (χ1) is 8.83. The third kappa shape index (κ3) is 2.29. The van der Waals surface area contributed by atoms with E-state index in [1.807, 2.05) is 18.2 Å². The highest BCUT2D eigenvalue weighted by atomic mass is 16.3. The fraction of sp³-hybridized carbons (Fsp3) is 0.429. The van der Waals surface area contributed by atoms with E-state index in [-0.39, 0.29) is 6.10 Å². The Morgan fingerprint density at radius 3 is 2.72 bits per heavy atom. The first-order valence-corrected chi connectivity index (χ1v) is 6.48. The average molecular weight is 243 g/mol. The quantitative estimate of drug-likeness (QED) is 0.850. The van der Waals surface area contributed by atoms with Crippen molar-refractivity contribution in [2.24, 2.45) is 0 Å². The van der Waals surface area contributed by atoms with Crippen LogP contribution in [0.15, 0.2) is 30.5 Å². The van der Waals surface area contributed by atoms with E-state index in [2.05, 4.69) is 21.6 Å². The number of nitrogens with zero attached hydrogens (tertiary/aromatic N) is 2. The molecule has 2 N–H and O–H groups in total. The van der Waals surface area contributed by atoms with Gasteiger partial charge in [-0.25, -0.2) is 0 Å². The Kier molecular flexibility index (Phi) is 3.11. The summed E-state index contributed by atoms with van der Waals surface area (Å²) in [4.78, 5) is 0. The lowest BCUT2D eigenvalue weighted by atomic mass is 9.93. The summed E-state index contributed by atoms with van der Waals surface area (Å²) in [5.74, 6) is 0. The first-order valence-electron chi connectivity index (χ1n) is 6.48. The Labute approximate surface area is 106 Å². The molecule has 1 aliphatic rings. The summed E-state index contributed by atoms with van der Waals surface area (Å²) in [6.45, 7) is 0. The van der Waals surface area contributed by atoms with E-state index in [4.69, 9.17) is 0 Å². The van der Waals surface area contributed by atoms with Crippen LogP contribution in [-0.2, 0) is 0 Å². The summed E-state index contributed by atoms with van der Waals surface area (Å²) in [6, 6.07) is 8.45. The van der Waals surface area contributed by atoms with E-state index in [1.54, 1.807) is 6.20 Å². The monoisotopic (exact) mass is 243 g/mol. The van der Waals surface area contributed by atoms with Gasteiger partial charge in [0.05, 0.1) is 23.5 Å².